The van der Waals surface area contributed by atoms with Gasteiger partial charge in [0.05, 0.1) is 16.3 Å². The van der Waals surface area contributed by atoms with Crippen LogP contribution in [0.3, 0.4) is 0 Å². The van der Waals surface area contributed by atoms with Gasteiger partial charge >= 0.3 is 6.09 Å². The number of likely N-dealkylation sites (N-methyl/N-ethyl adjacent to an activating group) is 2. The number of hydrogen-bond acceptors (Lipinski definition) is 7. The van der Waals surface area contributed by atoms with Gasteiger partial charge in [0, 0.05) is 79.2 Å². The van der Waals surface area contributed by atoms with Crippen LogP contribution in [-0.2, 0) is 11.2 Å². The van der Waals surface area contributed by atoms with Crippen molar-refractivity contribution in [1.29, 1.82) is 0 Å². The van der Waals surface area contributed by atoms with Gasteiger partial charge in [0.15, 0.2) is 0 Å². The SMILES string of the molecule is CCl.CN(C)CCN(C)C(=O)Oc1cc2c(c3ccccc13)C(CCl)CN2C=O.Cc1ccc(C(=O)N2CCc3c2cc(O)c2ccccc32)s1. The van der Waals surface area contributed by atoms with Crippen LogP contribution in [-0.4, -0.2) is 92.9 Å². The lowest BCUT2D eigenvalue weighted by Crippen LogP contribution is -2.35. The van der Waals surface area contributed by atoms with Gasteiger partial charge in [-0.25, -0.2) is 4.79 Å². The van der Waals surface area contributed by atoms with Gasteiger partial charge in [-0.3, -0.25) is 9.59 Å². The summed E-state index contributed by atoms with van der Waals surface area (Å²) in [5.41, 5.74) is 3.78. The van der Waals surface area contributed by atoms with Gasteiger partial charge in [-0.05, 0) is 61.5 Å². The van der Waals surface area contributed by atoms with Crippen molar-refractivity contribution in [3.63, 3.8) is 0 Å². The summed E-state index contributed by atoms with van der Waals surface area (Å²) < 4.78 is 5.70. The van der Waals surface area contributed by atoms with E-state index < -0.39 is 6.09 Å². The van der Waals surface area contributed by atoms with Crippen LogP contribution in [0.15, 0.2) is 72.8 Å². The van der Waals surface area contributed by atoms with E-state index in [1.807, 2.05) is 86.6 Å². The van der Waals surface area contributed by atoms with E-state index in [1.165, 1.54) is 17.7 Å². The third kappa shape index (κ3) is 7.94. The van der Waals surface area contributed by atoms with Gasteiger partial charge in [-0.2, -0.15) is 0 Å². The number of phenols is 1. The standard InChI is InChI=1S/C20H24ClN3O3.C18H15NO2S.CH3Cl/c1-22(2)8-9-23(3)20(26)27-18-10-17-19(14(11-21)12-24(17)13-25)16-7-5-4-6-15(16)18;1-11-6-7-17(22-11)18(21)19-9-8-13-12-4-2-3-5-14(12)16(20)10-15(13)19;1-2/h4-7,10,13-14H,8-9,11-12H2,1-3H3;2-7,10,20H,8-9H2,1H3;1H3. The fraction of sp³-hybridized carbons (Fsp3) is 0.308. The maximum atomic E-state index is 12.7. The topological polar surface area (TPSA) is 93.6 Å². The Kier molecular flexibility index (Phi) is 12.5. The fourth-order valence-corrected chi connectivity index (χ4v) is 7.58. The first-order valence-corrected chi connectivity index (χ1v) is 18.6. The van der Waals surface area contributed by atoms with Crippen molar-refractivity contribution in [3.8, 4) is 11.5 Å². The molecule has 9 nitrogen and oxygen atoms in total. The number of hydrogen-bond donors (Lipinski definition) is 1. The third-order valence-electron chi connectivity index (χ3n) is 9.05. The molecule has 1 aromatic heterocycles. The molecule has 0 spiro atoms. The van der Waals surface area contributed by atoms with E-state index in [2.05, 4.69) is 11.6 Å². The summed E-state index contributed by atoms with van der Waals surface area (Å²) >= 11 is 12.3. The number of nitrogens with zero attached hydrogens (tertiary/aromatic N) is 4. The Hall–Kier alpha value is -4.35. The monoisotopic (exact) mass is 748 g/mol. The van der Waals surface area contributed by atoms with E-state index >= 15 is 0 Å². The van der Waals surface area contributed by atoms with Crippen LogP contribution in [0.4, 0.5) is 16.2 Å². The lowest BCUT2D eigenvalue weighted by Gasteiger charge is -2.20. The van der Waals surface area contributed by atoms with Gasteiger partial charge in [0.25, 0.3) is 5.91 Å². The number of aryl methyl sites for hydroxylation is 1. The Morgan fingerprint density at radius 1 is 0.941 bits per heavy atom. The number of ether oxygens (including phenoxy) is 1. The van der Waals surface area contributed by atoms with Gasteiger partial charge in [0.1, 0.15) is 11.5 Å². The van der Waals surface area contributed by atoms with Gasteiger partial charge in [-0.15, -0.1) is 34.5 Å². The number of fused-ring (bicyclic) bond motifs is 6. The number of halogens is 2. The van der Waals surface area contributed by atoms with E-state index in [0.29, 0.717) is 31.3 Å². The quantitative estimate of drug-likeness (QED) is 0.134. The highest BCUT2D eigenvalue weighted by Crippen LogP contribution is 2.45. The Balaban J connectivity index is 0.000000192. The Morgan fingerprint density at radius 2 is 1.61 bits per heavy atom. The highest BCUT2D eigenvalue weighted by Gasteiger charge is 2.32. The average molecular weight is 750 g/mol. The molecule has 4 aromatic carbocycles. The molecule has 0 saturated heterocycles. The molecule has 2 aliphatic rings. The number of carbonyl (C=O) groups excluding carboxylic acids is 3. The fourth-order valence-electron chi connectivity index (χ4n) is 6.51. The number of phenolic OH excluding ortho intramolecular Hbond substituents is 1. The maximum absolute atomic E-state index is 12.7. The number of benzene rings is 4. The summed E-state index contributed by atoms with van der Waals surface area (Å²) in [4.78, 5) is 45.6. The van der Waals surface area contributed by atoms with Crippen molar-refractivity contribution in [1.82, 2.24) is 9.80 Å². The summed E-state index contributed by atoms with van der Waals surface area (Å²) in [6.45, 7) is 4.50. The number of anilines is 2. The first-order valence-electron chi connectivity index (χ1n) is 16.5. The average Bonchev–Trinajstić information content (AvgIpc) is 3.88. The number of thiophene rings is 1. The molecule has 2 aliphatic heterocycles. The van der Waals surface area contributed by atoms with E-state index in [4.69, 9.17) is 16.3 Å². The van der Waals surface area contributed by atoms with Crippen LogP contribution in [0.5, 0.6) is 11.5 Å². The molecule has 0 aliphatic carbocycles. The van der Waals surface area contributed by atoms with E-state index in [0.717, 1.165) is 73.2 Å². The van der Waals surface area contributed by atoms with Crippen LogP contribution in [0.2, 0.25) is 0 Å². The minimum atomic E-state index is -0.425. The summed E-state index contributed by atoms with van der Waals surface area (Å²) in [6, 6.07) is 22.9. The molecule has 1 unspecified atom stereocenters. The number of amides is 3. The van der Waals surface area contributed by atoms with Crippen LogP contribution < -0.4 is 14.5 Å². The summed E-state index contributed by atoms with van der Waals surface area (Å²) in [7, 11) is 5.62. The molecule has 5 aromatic rings. The lowest BCUT2D eigenvalue weighted by atomic mass is 9.95. The van der Waals surface area contributed by atoms with Gasteiger partial charge in [0.2, 0.25) is 6.41 Å². The molecule has 3 amide bonds. The van der Waals surface area contributed by atoms with Crippen molar-refractivity contribution in [2.24, 2.45) is 0 Å². The zero-order chi connectivity index (χ0) is 36.8. The number of rotatable bonds is 7. The van der Waals surface area contributed by atoms with Crippen molar-refractivity contribution in [3.05, 3.63) is 93.7 Å². The molecule has 3 heterocycles. The highest BCUT2D eigenvalue weighted by atomic mass is 35.5. The highest BCUT2D eigenvalue weighted by molar-refractivity contribution is 7.14. The molecule has 7 rings (SSSR count). The van der Waals surface area contributed by atoms with Crippen LogP contribution >= 0.6 is 34.5 Å². The van der Waals surface area contributed by atoms with Crippen molar-refractivity contribution >= 4 is 85.9 Å². The molecule has 0 fully saturated rings. The normalized spacial score (nSPS) is 14.4. The van der Waals surface area contributed by atoms with Crippen LogP contribution in [0, 0.1) is 6.92 Å². The van der Waals surface area contributed by atoms with E-state index in [-0.39, 0.29) is 17.6 Å². The summed E-state index contributed by atoms with van der Waals surface area (Å²) in [5.74, 6) is 1.19. The van der Waals surface area contributed by atoms with Crippen LogP contribution in [0.1, 0.15) is 31.6 Å². The molecule has 268 valence electrons. The van der Waals surface area contributed by atoms with Gasteiger partial charge in [-0.1, -0.05) is 48.5 Å². The number of alkyl halides is 2. The Bertz CT molecular complexity index is 2050. The lowest BCUT2D eigenvalue weighted by molar-refractivity contribution is -0.107. The predicted octanol–water partition coefficient (Wildman–Crippen LogP) is 8.10. The predicted molar refractivity (Wildman–Crippen MR) is 210 cm³/mol. The molecular weight excluding hydrogens is 707 g/mol. The molecule has 1 atom stereocenters. The first kappa shape index (κ1) is 37.9. The Morgan fingerprint density at radius 3 is 2.24 bits per heavy atom. The Labute approximate surface area is 312 Å². The van der Waals surface area contributed by atoms with Gasteiger partial charge < -0.3 is 29.4 Å². The summed E-state index contributed by atoms with van der Waals surface area (Å²) in [6.07, 6.45) is 2.67. The third-order valence-corrected chi connectivity index (χ3v) is 10.4. The zero-order valence-electron chi connectivity index (χ0n) is 29.4. The number of aromatic hydroxyl groups is 1. The van der Waals surface area contributed by atoms with Crippen molar-refractivity contribution in [2.75, 3.05) is 69.4 Å². The van der Waals surface area contributed by atoms with Crippen molar-refractivity contribution in [2.45, 2.75) is 19.3 Å². The molecule has 0 saturated carbocycles. The molecule has 0 bridgehead atoms. The largest absolute Gasteiger partial charge is 0.507 e. The van der Waals surface area contributed by atoms with Crippen molar-refractivity contribution < 1.29 is 24.2 Å². The van der Waals surface area contributed by atoms with E-state index in [9.17, 15) is 19.5 Å². The minimum Gasteiger partial charge on any atom is -0.507 e. The maximum Gasteiger partial charge on any atom is 0.415 e. The van der Waals surface area contributed by atoms with Crippen LogP contribution in [0.25, 0.3) is 21.5 Å². The smallest absolute Gasteiger partial charge is 0.415 e. The molecule has 0 radical (unpaired) electrons. The number of carbonyl (C=O) groups is 3. The second kappa shape index (κ2) is 16.8. The molecule has 51 heavy (non-hydrogen) atoms. The second-order valence-electron chi connectivity index (χ2n) is 12.6. The summed E-state index contributed by atoms with van der Waals surface area (Å²) in [5, 5.41) is 14.0. The minimum absolute atomic E-state index is 0.0199. The first-order chi connectivity index (χ1) is 24.6. The molecular formula is C39H42Cl2N4O5S. The zero-order valence-corrected chi connectivity index (χ0v) is 31.7. The molecule has 12 heteroatoms. The molecule has 1 N–H and O–H groups in total. The second-order valence-corrected chi connectivity index (χ2v) is 14.2. The van der Waals surface area contributed by atoms with E-state index in [1.54, 1.807) is 33.9 Å².